The minimum atomic E-state index is 0.250. The third-order valence-corrected chi connectivity index (χ3v) is 2.62. The van der Waals surface area contributed by atoms with Crippen molar-refractivity contribution in [3.63, 3.8) is 0 Å². The Balaban J connectivity index is 2.17. The van der Waals surface area contributed by atoms with E-state index in [1.165, 1.54) is 0 Å². The summed E-state index contributed by atoms with van der Waals surface area (Å²) in [6.45, 7) is 2.94. The maximum absolute atomic E-state index is 8.86. The fourth-order valence-corrected chi connectivity index (χ4v) is 1.89. The lowest BCUT2D eigenvalue weighted by atomic mass is 10.2. The van der Waals surface area contributed by atoms with Gasteiger partial charge in [-0.1, -0.05) is 12.1 Å². The maximum atomic E-state index is 8.86. The standard InChI is InChI=1S/C12H17NO2/c14-9-3-7-13-8-4-10-15-12-6-2-1-5-11(12)13/h1-2,5-6,14H,3-4,7-10H2. The molecule has 0 radical (unpaired) electrons. The van der Waals surface area contributed by atoms with Crippen molar-refractivity contribution in [3.8, 4) is 5.75 Å². The van der Waals surface area contributed by atoms with Crippen LogP contribution in [0, 0.1) is 0 Å². The molecule has 1 aliphatic heterocycles. The first-order valence-corrected chi connectivity index (χ1v) is 5.49. The van der Waals surface area contributed by atoms with Gasteiger partial charge in [0.05, 0.1) is 12.3 Å². The Bertz CT molecular complexity index is 314. The second-order valence-electron chi connectivity index (χ2n) is 3.73. The first-order chi connectivity index (χ1) is 7.42. The van der Waals surface area contributed by atoms with Crippen molar-refractivity contribution < 1.29 is 9.84 Å². The zero-order valence-corrected chi connectivity index (χ0v) is 8.85. The van der Waals surface area contributed by atoms with Crippen LogP contribution in [-0.4, -0.2) is 31.4 Å². The topological polar surface area (TPSA) is 32.7 Å². The van der Waals surface area contributed by atoms with Gasteiger partial charge >= 0.3 is 0 Å². The highest BCUT2D eigenvalue weighted by atomic mass is 16.5. The summed E-state index contributed by atoms with van der Waals surface area (Å²) in [6, 6.07) is 8.11. The molecule has 2 rings (SSSR count). The molecular formula is C12H17NO2. The summed E-state index contributed by atoms with van der Waals surface area (Å²) in [6.07, 6.45) is 1.86. The molecule has 0 saturated heterocycles. The van der Waals surface area contributed by atoms with Gasteiger partial charge in [-0.2, -0.15) is 0 Å². The highest BCUT2D eigenvalue weighted by Gasteiger charge is 2.14. The molecule has 0 aliphatic carbocycles. The highest BCUT2D eigenvalue weighted by Crippen LogP contribution is 2.30. The van der Waals surface area contributed by atoms with Crippen LogP contribution in [0.25, 0.3) is 0 Å². The molecule has 3 nitrogen and oxygen atoms in total. The van der Waals surface area contributed by atoms with E-state index < -0.39 is 0 Å². The monoisotopic (exact) mass is 207 g/mol. The van der Waals surface area contributed by atoms with Crippen molar-refractivity contribution in [1.29, 1.82) is 0 Å². The Labute approximate surface area is 90.3 Å². The molecule has 1 aromatic rings. The molecule has 1 N–H and O–H groups in total. The zero-order chi connectivity index (χ0) is 10.5. The Morgan fingerprint density at radius 2 is 2.20 bits per heavy atom. The number of ether oxygens (including phenoxy) is 1. The number of aliphatic hydroxyl groups excluding tert-OH is 1. The first kappa shape index (κ1) is 10.3. The third kappa shape index (κ3) is 2.42. The van der Waals surface area contributed by atoms with Gasteiger partial charge in [0.1, 0.15) is 5.75 Å². The van der Waals surface area contributed by atoms with Crippen LogP contribution in [0.1, 0.15) is 12.8 Å². The van der Waals surface area contributed by atoms with Crippen LogP contribution in [0.5, 0.6) is 5.75 Å². The lowest BCUT2D eigenvalue weighted by Gasteiger charge is -2.23. The molecule has 82 valence electrons. The Hall–Kier alpha value is -1.22. The van der Waals surface area contributed by atoms with Crippen molar-refractivity contribution >= 4 is 5.69 Å². The number of nitrogens with zero attached hydrogens (tertiary/aromatic N) is 1. The number of rotatable bonds is 3. The molecule has 0 unspecified atom stereocenters. The molecule has 1 aromatic carbocycles. The van der Waals surface area contributed by atoms with E-state index in [1.807, 2.05) is 18.2 Å². The van der Waals surface area contributed by atoms with Crippen LogP contribution >= 0.6 is 0 Å². The molecule has 1 heterocycles. The van der Waals surface area contributed by atoms with Crippen LogP contribution in [0.4, 0.5) is 5.69 Å². The Kier molecular flexibility index (Phi) is 3.45. The molecule has 0 aromatic heterocycles. The maximum Gasteiger partial charge on any atom is 0.142 e. The molecule has 0 bridgehead atoms. The predicted molar refractivity (Wildman–Crippen MR) is 60.5 cm³/mol. The fourth-order valence-electron chi connectivity index (χ4n) is 1.89. The smallest absolute Gasteiger partial charge is 0.142 e. The van der Waals surface area contributed by atoms with E-state index in [0.29, 0.717) is 0 Å². The minimum Gasteiger partial charge on any atom is -0.491 e. The Morgan fingerprint density at radius 3 is 3.07 bits per heavy atom. The van der Waals surface area contributed by atoms with Crippen LogP contribution in [0.3, 0.4) is 0 Å². The Morgan fingerprint density at radius 1 is 1.33 bits per heavy atom. The van der Waals surface area contributed by atoms with Crippen molar-refractivity contribution in [2.24, 2.45) is 0 Å². The molecule has 0 amide bonds. The molecule has 0 atom stereocenters. The van der Waals surface area contributed by atoms with E-state index in [9.17, 15) is 0 Å². The second-order valence-corrected chi connectivity index (χ2v) is 3.73. The fraction of sp³-hybridized carbons (Fsp3) is 0.500. The van der Waals surface area contributed by atoms with Crippen molar-refractivity contribution in [3.05, 3.63) is 24.3 Å². The number of aliphatic hydroxyl groups is 1. The molecule has 1 aliphatic rings. The average molecular weight is 207 g/mol. The number of anilines is 1. The summed E-state index contributed by atoms with van der Waals surface area (Å²) < 4.78 is 5.65. The number of para-hydroxylation sites is 2. The third-order valence-electron chi connectivity index (χ3n) is 2.62. The number of benzene rings is 1. The zero-order valence-electron chi connectivity index (χ0n) is 8.85. The van der Waals surface area contributed by atoms with Crippen molar-refractivity contribution in [1.82, 2.24) is 0 Å². The van der Waals surface area contributed by atoms with Gasteiger partial charge in [-0.3, -0.25) is 0 Å². The molecule has 3 heteroatoms. The number of hydrogen-bond donors (Lipinski definition) is 1. The molecular weight excluding hydrogens is 190 g/mol. The summed E-state index contributed by atoms with van der Waals surface area (Å²) in [7, 11) is 0. The average Bonchev–Trinajstić information content (AvgIpc) is 2.49. The molecule has 0 fully saturated rings. The van der Waals surface area contributed by atoms with Gasteiger partial charge in [0.25, 0.3) is 0 Å². The van der Waals surface area contributed by atoms with Gasteiger partial charge in [0.2, 0.25) is 0 Å². The van der Waals surface area contributed by atoms with Crippen molar-refractivity contribution in [2.45, 2.75) is 12.8 Å². The van der Waals surface area contributed by atoms with E-state index in [4.69, 9.17) is 9.84 Å². The van der Waals surface area contributed by atoms with Crippen LogP contribution < -0.4 is 9.64 Å². The highest BCUT2D eigenvalue weighted by molar-refractivity contribution is 5.58. The molecule has 15 heavy (non-hydrogen) atoms. The van der Waals surface area contributed by atoms with Gasteiger partial charge in [0, 0.05) is 19.7 Å². The summed E-state index contributed by atoms with van der Waals surface area (Å²) >= 11 is 0. The van der Waals surface area contributed by atoms with Crippen LogP contribution in [-0.2, 0) is 0 Å². The lowest BCUT2D eigenvalue weighted by molar-refractivity contribution is 0.289. The second kappa shape index (κ2) is 5.03. The molecule has 0 saturated carbocycles. The van der Waals surface area contributed by atoms with Crippen molar-refractivity contribution in [2.75, 3.05) is 31.2 Å². The van der Waals surface area contributed by atoms with Gasteiger partial charge in [-0.05, 0) is 25.0 Å². The van der Waals surface area contributed by atoms with Gasteiger partial charge in [-0.25, -0.2) is 0 Å². The van der Waals surface area contributed by atoms with Gasteiger partial charge in [0.15, 0.2) is 0 Å². The van der Waals surface area contributed by atoms with Gasteiger partial charge < -0.3 is 14.7 Å². The number of hydrogen-bond acceptors (Lipinski definition) is 3. The molecule has 0 spiro atoms. The van der Waals surface area contributed by atoms with E-state index >= 15 is 0 Å². The quantitative estimate of drug-likeness (QED) is 0.818. The van der Waals surface area contributed by atoms with Gasteiger partial charge in [-0.15, -0.1) is 0 Å². The number of fused-ring (bicyclic) bond motifs is 1. The SMILES string of the molecule is OCCCN1CCCOc2ccccc21. The van der Waals surface area contributed by atoms with E-state index in [1.54, 1.807) is 0 Å². The normalized spacial score (nSPS) is 15.4. The first-order valence-electron chi connectivity index (χ1n) is 5.49. The summed E-state index contributed by atoms with van der Waals surface area (Å²) in [5, 5.41) is 8.86. The lowest BCUT2D eigenvalue weighted by Crippen LogP contribution is -2.25. The van der Waals surface area contributed by atoms with Crippen LogP contribution in [0.15, 0.2) is 24.3 Å². The summed E-state index contributed by atoms with van der Waals surface area (Å²) in [5.41, 5.74) is 1.16. The van der Waals surface area contributed by atoms with E-state index in [2.05, 4.69) is 11.0 Å². The summed E-state index contributed by atoms with van der Waals surface area (Å²) in [5.74, 6) is 0.966. The van der Waals surface area contributed by atoms with E-state index in [-0.39, 0.29) is 6.61 Å². The summed E-state index contributed by atoms with van der Waals surface area (Å²) in [4.78, 5) is 2.29. The predicted octanol–water partition coefficient (Wildman–Crippen LogP) is 1.66. The van der Waals surface area contributed by atoms with Crippen LogP contribution in [0.2, 0.25) is 0 Å². The van der Waals surface area contributed by atoms with E-state index in [0.717, 1.165) is 44.0 Å². The minimum absolute atomic E-state index is 0.250. The largest absolute Gasteiger partial charge is 0.491 e.